The van der Waals surface area contributed by atoms with Gasteiger partial charge in [-0.2, -0.15) is 13.2 Å². The Morgan fingerprint density at radius 1 is 1.19 bits per heavy atom. The zero-order chi connectivity index (χ0) is 23.8. The van der Waals surface area contributed by atoms with Crippen LogP contribution >= 0.6 is 0 Å². The second-order valence-corrected chi connectivity index (χ2v) is 14.3. The quantitative estimate of drug-likeness (QED) is 0.349. The van der Waals surface area contributed by atoms with Crippen molar-refractivity contribution in [2.45, 2.75) is 65.5 Å². The van der Waals surface area contributed by atoms with Gasteiger partial charge in [0.1, 0.15) is 13.9 Å². The smallest absolute Gasteiger partial charge is 0.416 e. The zero-order valence-corrected chi connectivity index (χ0v) is 20.3. The highest BCUT2D eigenvalue weighted by Gasteiger charge is 2.35. The number of nitrogens with zero attached hydrogens (tertiary/aromatic N) is 2. The lowest BCUT2D eigenvalue weighted by Gasteiger charge is -2.22. The van der Waals surface area contributed by atoms with E-state index in [0.29, 0.717) is 17.1 Å². The summed E-state index contributed by atoms with van der Waals surface area (Å²) < 4.78 is 48.1. The molecule has 0 saturated heterocycles. The number of hydrogen-bond donors (Lipinski definition) is 0. The summed E-state index contributed by atoms with van der Waals surface area (Å²) in [4.78, 5) is 16.5. The van der Waals surface area contributed by atoms with Crippen LogP contribution in [0.25, 0.3) is 0 Å². The molecule has 0 N–H and O–H groups in total. The lowest BCUT2D eigenvalue weighted by Crippen LogP contribution is -2.21. The summed E-state index contributed by atoms with van der Waals surface area (Å²) in [5.41, 5.74) is 2.89. The molecule has 2 rings (SSSR count). The molecule has 0 saturated carbocycles. The Morgan fingerprint density at radius 3 is 2.29 bits per heavy atom. The van der Waals surface area contributed by atoms with Crippen molar-refractivity contribution < 1.29 is 22.7 Å². The highest BCUT2D eigenvalue weighted by atomic mass is 28.3. The first-order valence-electron chi connectivity index (χ1n) is 9.94. The van der Waals surface area contributed by atoms with Crippen LogP contribution in [0, 0.1) is 18.4 Å². The van der Waals surface area contributed by atoms with Crippen molar-refractivity contribution in [1.82, 2.24) is 9.55 Å². The summed E-state index contributed by atoms with van der Waals surface area (Å²) >= 11 is 0. The Morgan fingerprint density at radius 2 is 1.81 bits per heavy atom. The summed E-state index contributed by atoms with van der Waals surface area (Å²) in [6.45, 7) is 13.4. The van der Waals surface area contributed by atoms with Crippen LogP contribution in [-0.4, -0.2) is 30.7 Å². The van der Waals surface area contributed by atoms with E-state index in [1.54, 1.807) is 17.6 Å². The molecule has 4 nitrogen and oxygen atoms in total. The maximum absolute atomic E-state index is 13.9. The summed E-state index contributed by atoms with van der Waals surface area (Å²) in [7, 11) is -0.474. The van der Waals surface area contributed by atoms with Crippen molar-refractivity contribution in [3.63, 3.8) is 0 Å². The van der Waals surface area contributed by atoms with E-state index in [1.165, 1.54) is 13.2 Å². The predicted octanol–water partition coefficient (Wildman–Crippen LogP) is 5.57. The van der Waals surface area contributed by atoms with Gasteiger partial charge in [0.15, 0.2) is 5.69 Å². The Kier molecular flexibility index (Phi) is 6.81. The third-order valence-electron chi connectivity index (χ3n) is 4.60. The van der Waals surface area contributed by atoms with Gasteiger partial charge in [-0.05, 0) is 24.6 Å². The molecular weight excluding hydrogens is 421 g/mol. The van der Waals surface area contributed by atoms with Crippen molar-refractivity contribution in [1.29, 1.82) is 0 Å². The number of hydrogen-bond acceptors (Lipinski definition) is 3. The van der Waals surface area contributed by atoms with Crippen molar-refractivity contribution in [3.05, 3.63) is 52.1 Å². The van der Waals surface area contributed by atoms with Gasteiger partial charge in [0.25, 0.3) is 0 Å². The maximum atomic E-state index is 13.9. The number of carbonyl (C=O) groups excluding carboxylic acids is 1. The largest absolute Gasteiger partial charge is 0.464 e. The SMILES string of the molecule is COC(=O)c1nc(C(C)(C)C)n(Cc2ccc(C#C[Si](C)(C)C)cc2C(F)(F)F)c1C. The van der Waals surface area contributed by atoms with Crippen LogP contribution in [0.2, 0.25) is 19.6 Å². The fourth-order valence-electron chi connectivity index (χ4n) is 3.08. The molecule has 2 aromatic rings. The Hall–Kier alpha value is -2.53. The van der Waals surface area contributed by atoms with Crippen molar-refractivity contribution in [3.8, 4) is 11.5 Å². The van der Waals surface area contributed by atoms with E-state index in [2.05, 4.69) is 16.4 Å². The van der Waals surface area contributed by atoms with Gasteiger partial charge >= 0.3 is 12.1 Å². The number of carbonyl (C=O) groups is 1. The second kappa shape index (κ2) is 8.54. The molecule has 0 aliphatic carbocycles. The topological polar surface area (TPSA) is 44.1 Å². The van der Waals surface area contributed by atoms with Gasteiger partial charge in [0.2, 0.25) is 0 Å². The van der Waals surface area contributed by atoms with Crippen LogP contribution in [0.3, 0.4) is 0 Å². The van der Waals surface area contributed by atoms with Gasteiger partial charge in [-0.1, -0.05) is 52.4 Å². The standard InChI is InChI=1S/C23H29F3N2O2Si/c1-15-19(20(29)30-5)27-21(22(2,3)4)28(15)14-17-10-9-16(11-12-31(6,7)8)13-18(17)23(24,25)26/h9-10,13H,14H2,1-8H3. The first-order chi connectivity index (χ1) is 14.0. The van der Waals surface area contributed by atoms with E-state index in [-0.39, 0.29) is 17.8 Å². The second-order valence-electron chi connectivity index (χ2n) is 9.57. The number of ether oxygens (including phenoxy) is 1. The molecule has 0 atom stereocenters. The van der Waals surface area contributed by atoms with E-state index < -0.39 is 31.2 Å². The number of esters is 1. The van der Waals surface area contributed by atoms with Crippen molar-refractivity contribution in [2.24, 2.45) is 0 Å². The molecule has 8 heteroatoms. The molecule has 0 spiro atoms. The monoisotopic (exact) mass is 450 g/mol. The normalized spacial score (nSPS) is 12.4. The Labute approximate surface area is 182 Å². The lowest BCUT2D eigenvalue weighted by atomic mass is 9.95. The fraction of sp³-hybridized carbons (Fsp3) is 0.478. The molecule has 168 valence electrons. The minimum Gasteiger partial charge on any atom is -0.464 e. The zero-order valence-electron chi connectivity index (χ0n) is 19.3. The molecule has 0 aliphatic rings. The molecule has 1 aromatic carbocycles. The van der Waals surface area contributed by atoms with E-state index in [1.807, 2.05) is 40.4 Å². The van der Waals surface area contributed by atoms with Gasteiger partial charge in [0.05, 0.1) is 12.7 Å². The lowest BCUT2D eigenvalue weighted by molar-refractivity contribution is -0.138. The van der Waals surface area contributed by atoms with Gasteiger partial charge in [-0.3, -0.25) is 0 Å². The summed E-state index contributed by atoms with van der Waals surface area (Å²) in [6, 6.07) is 4.18. The fourth-order valence-corrected chi connectivity index (χ4v) is 3.60. The average molecular weight is 451 g/mol. The van der Waals surface area contributed by atoms with Gasteiger partial charge < -0.3 is 9.30 Å². The van der Waals surface area contributed by atoms with Crippen LogP contribution < -0.4 is 0 Å². The van der Waals surface area contributed by atoms with E-state index >= 15 is 0 Å². The van der Waals surface area contributed by atoms with Crippen LogP contribution in [-0.2, 0) is 22.9 Å². The third-order valence-corrected chi connectivity index (χ3v) is 5.47. The molecule has 0 fully saturated rings. The third kappa shape index (κ3) is 6.00. The summed E-state index contributed by atoms with van der Waals surface area (Å²) in [6.07, 6.45) is -4.53. The number of halogens is 3. The first-order valence-corrected chi connectivity index (χ1v) is 13.4. The molecular formula is C23H29F3N2O2Si. The molecule has 31 heavy (non-hydrogen) atoms. The van der Waals surface area contributed by atoms with E-state index in [0.717, 1.165) is 6.07 Å². The minimum absolute atomic E-state index is 0.0704. The number of alkyl halides is 3. The highest BCUT2D eigenvalue weighted by molar-refractivity contribution is 6.83. The first kappa shape index (κ1) is 24.7. The van der Waals surface area contributed by atoms with Gasteiger partial charge in [-0.25, -0.2) is 9.78 Å². The van der Waals surface area contributed by atoms with E-state index in [4.69, 9.17) is 4.74 Å². The maximum Gasteiger partial charge on any atom is 0.416 e. The molecule has 0 aliphatic heterocycles. The molecule has 0 unspecified atom stereocenters. The van der Waals surface area contributed by atoms with E-state index in [9.17, 15) is 18.0 Å². The van der Waals surface area contributed by atoms with Crippen LogP contribution in [0.15, 0.2) is 18.2 Å². The van der Waals surface area contributed by atoms with Gasteiger partial charge in [0, 0.05) is 23.2 Å². The van der Waals surface area contributed by atoms with Crippen LogP contribution in [0.1, 0.15) is 59.5 Å². The molecule has 1 heterocycles. The Balaban J connectivity index is 2.64. The highest BCUT2D eigenvalue weighted by Crippen LogP contribution is 2.34. The summed E-state index contributed by atoms with van der Waals surface area (Å²) in [5.74, 6) is 2.79. The van der Waals surface area contributed by atoms with Crippen LogP contribution in [0.4, 0.5) is 13.2 Å². The Bertz CT molecular complexity index is 1050. The van der Waals surface area contributed by atoms with Crippen molar-refractivity contribution in [2.75, 3.05) is 7.11 Å². The average Bonchev–Trinajstić information content (AvgIpc) is 2.95. The molecule has 1 aromatic heterocycles. The summed E-state index contributed by atoms with van der Waals surface area (Å²) in [5, 5.41) is 0. The predicted molar refractivity (Wildman–Crippen MR) is 118 cm³/mol. The number of imidazole rings is 1. The molecule has 0 bridgehead atoms. The van der Waals surface area contributed by atoms with Crippen LogP contribution in [0.5, 0.6) is 0 Å². The number of benzene rings is 1. The number of aromatic nitrogens is 2. The number of rotatable bonds is 3. The molecule has 0 amide bonds. The van der Waals surface area contributed by atoms with Crippen molar-refractivity contribution >= 4 is 14.0 Å². The minimum atomic E-state index is -4.53. The molecule has 0 radical (unpaired) electrons. The number of methoxy groups -OCH3 is 1. The van der Waals surface area contributed by atoms with Gasteiger partial charge in [-0.15, -0.1) is 5.54 Å².